The maximum Gasteiger partial charge on any atom is 0.224 e. The van der Waals surface area contributed by atoms with Gasteiger partial charge in [0.05, 0.1) is 17.2 Å². The lowest BCUT2D eigenvalue weighted by molar-refractivity contribution is -0.131. The highest BCUT2D eigenvalue weighted by atomic mass is 127. The van der Waals surface area contributed by atoms with Gasteiger partial charge in [-0.3, -0.25) is 9.79 Å². The number of aryl methyl sites for hydroxylation is 2. The number of nitrogens with zero attached hydrogens (tertiary/aromatic N) is 4. The van der Waals surface area contributed by atoms with Crippen molar-refractivity contribution in [2.75, 3.05) is 44.7 Å². The Kier molecular flexibility index (Phi) is 9.83. The number of nitrogens with one attached hydrogen (secondary N) is 2. The first-order valence-electron chi connectivity index (χ1n) is 10.0. The van der Waals surface area contributed by atoms with Crippen molar-refractivity contribution in [1.29, 1.82) is 0 Å². The van der Waals surface area contributed by atoms with Crippen molar-refractivity contribution in [3.63, 3.8) is 0 Å². The first kappa shape index (κ1) is 24.4. The maximum atomic E-state index is 12.5. The van der Waals surface area contributed by atoms with Crippen LogP contribution in [0.2, 0.25) is 0 Å². The van der Waals surface area contributed by atoms with Gasteiger partial charge >= 0.3 is 0 Å². The normalized spacial score (nSPS) is 14.3. The summed E-state index contributed by atoms with van der Waals surface area (Å²) in [7, 11) is 1.74. The van der Waals surface area contributed by atoms with E-state index in [1.165, 1.54) is 10.6 Å². The van der Waals surface area contributed by atoms with Crippen LogP contribution in [0, 0.1) is 13.8 Å². The molecule has 7 nitrogen and oxygen atoms in total. The Hall–Kier alpha value is -1.88. The average Bonchev–Trinajstić information content (AvgIpc) is 3.08. The molecule has 3 rings (SSSR count). The average molecular weight is 542 g/mol. The molecule has 0 saturated carbocycles. The lowest BCUT2D eigenvalue weighted by atomic mass is 10.2. The molecular formula is C21H31IN6OS. The van der Waals surface area contributed by atoms with E-state index < -0.39 is 0 Å². The number of piperazine rings is 1. The van der Waals surface area contributed by atoms with Gasteiger partial charge in [-0.25, -0.2) is 4.98 Å². The van der Waals surface area contributed by atoms with Crippen molar-refractivity contribution < 1.29 is 4.79 Å². The third-order valence-electron chi connectivity index (χ3n) is 5.02. The van der Waals surface area contributed by atoms with E-state index >= 15 is 0 Å². The van der Waals surface area contributed by atoms with Crippen molar-refractivity contribution in [1.82, 2.24) is 20.5 Å². The monoisotopic (exact) mass is 542 g/mol. The number of aromatic nitrogens is 1. The number of anilines is 1. The Morgan fingerprint density at radius 1 is 1.13 bits per heavy atom. The van der Waals surface area contributed by atoms with Gasteiger partial charge in [0.1, 0.15) is 0 Å². The minimum absolute atomic E-state index is 0. The van der Waals surface area contributed by atoms with E-state index in [0.717, 1.165) is 36.9 Å². The number of halogens is 1. The Labute approximate surface area is 200 Å². The largest absolute Gasteiger partial charge is 0.368 e. The summed E-state index contributed by atoms with van der Waals surface area (Å²) in [5.74, 6) is 0.895. The van der Waals surface area contributed by atoms with Gasteiger partial charge in [-0.05, 0) is 26.0 Å². The van der Waals surface area contributed by atoms with Gasteiger partial charge in [-0.2, -0.15) is 0 Å². The lowest BCUT2D eigenvalue weighted by Crippen LogP contribution is -2.49. The summed E-state index contributed by atoms with van der Waals surface area (Å²) in [5, 5.41) is 7.60. The number of amides is 1. The van der Waals surface area contributed by atoms with Crippen molar-refractivity contribution in [3.05, 3.63) is 45.9 Å². The zero-order valence-corrected chi connectivity index (χ0v) is 21.0. The summed E-state index contributed by atoms with van der Waals surface area (Å²) in [6.07, 6.45) is 0.463. The molecule has 0 aliphatic carbocycles. The highest BCUT2D eigenvalue weighted by Crippen LogP contribution is 2.17. The lowest BCUT2D eigenvalue weighted by Gasteiger charge is -2.36. The van der Waals surface area contributed by atoms with Crippen molar-refractivity contribution >= 4 is 52.9 Å². The molecule has 1 amide bonds. The van der Waals surface area contributed by atoms with Gasteiger partial charge in [0.15, 0.2) is 5.96 Å². The van der Waals surface area contributed by atoms with E-state index in [2.05, 4.69) is 49.8 Å². The van der Waals surface area contributed by atoms with Crippen molar-refractivity contribution in [2.45, 2.75) is 26.8 Å². The quantitative estimate of drug-likeness (QED) is 0.334. The fraction of sp³-hybridized carbons (Fsp3) is 0.476. The number of carbonyl (C=O) groups excluding carboxylic acids is 1. The minimum Gasteiger partial charge on any atom is -0.368 e. The third-order valence-corrected chi connectivity index (χ3v) is 6.10. The van der Waals surface area contributed by atoms with E-state index in [-0.39, 0.29) is 29.9 Å². The summed E-state index contributed by atoms with van der Waals surface area (Å²) in [6.45, 7) is 8.58. The summed E-state index contributed by atoms with van der Waals surface area (Å²) in [5.41, 5.74) is 2.28. The SMILES string of the molecule is CN=C(NCCC(=O)N1CCN(c2ccccc2)CC1)NCc1sc(C)nc1C.I. The number of hydrogen-bond acceptors (Lipinski definition) is 5. The van der Waals surface area contributed by atoms with Crippen LogP contribution in [0.1, 0.15) is 22.0 Å². The Bertz CT molecular complexity index is 833. The van der Waals surface area contributed by atoms with Crippen LogP contribution in [0.5, 0.6) is 0 Å². The van der Waals surface area contributed by atoms with Gasteiger partial charge in [-0.15, -0.1) is 35.3 Å². The van der Waals surface area contributed by atoms with E-state index in [1.807, 2.05) is 24.8 Å². The Morgan fingerprint density at radius 2 is 1.83 bits per heavy atom. The van der Waals surface area contributed by atoms with Crippen LogP contribution in [0.25, 0.3) is 0 Å². The van der Waals surface area contributed by atoms with E-state index in [4.69, 9.17) is 0 Å². The molecule has 2 heterocycles. The molecular weight excluding hydrogens is 511 g/mol. The second-order valence-electron chi connectivity index (χ2n) is 7.05. The van der Waals surface area contributed by atoms with Crippen LogP contribution in [0.15, 0.2) is 35.3 Å². The van der Waals surface area contributed by atoms with E-state index in [9.17, 15) is 4.79 Å². The maximum absolute atomic E-state index is 12.5. The molecule has 1 aliphatic rings. The molecule has 30 heavy (non-hydrogen) atoms. The molecule has 1 aliphatic heterocycles. The topological polar surface area (TPSA) is 72.9 Å². The number of carbonyl (C=O) groups is 1. The van der Waals surface area contributed by atoms with Crippen LogP contribution in [-0.4, -0.2) is 61.5 Å². The van der Waals surface area contributed by atoms with Gasteiger partial charge in [0, 0.05) is 56.8 Å². The number of benzene rings is 1. The first-order valence-corrected chi connectivity index (χ1v) is 10.8. The molecule has 1 aromatic carbocycles. The molecule has 9 heteroatoms. The van der Waals surface area contributed by atoms with Gasteiger partial charge < -0.3 is 20.4 Å². The molecule has 0 unspecified atom stereocenters. The van der Waals surface area contributed by atoms with Crippen LogP contribution >= 0.6 is 35.3 Å². The van der Waals surface area contributed by atoms with Crippen molar-refractivity contribution in [2.24, 2.45) is 4.99 Å². The third kappa shape index (κ3) is 6.83. The zero-order chi connectivity index (χ0) is 20.6. The molecule has 1 fully saturated rings. The van der Waals surface area contributed by atoms with Gasteiger partial charge in [-0.1, -0.05) is 18.2 Å². The van der Waals surface area contributed by atoms with Crippen molar-refractivity contribution in [3.8, 4) is 0 Å². The number of rotatable bonds is 6. The van der Waals surface area contributed by atoms with Crippen LogP contribution in [0.4, 0.5) is 5.69 Å². The molecule has 0 atom stereocenters. The number of guanidine groups is 1. The number of hydrogen-bond donors (Lipinski definition) is 2. The standard InChI is InChI=1S/C21H30N6OS.HI/c1-16-19(29-17(2)25-16)15-24-21(22-3)23-10-9-20(28)27-13-11-26(12-14-27)18-7-5-4-6-8-18;/h4-8H,9-15H2,1-3H3,(H2,22,23,24);1H. The Morgan fingerprint density at radius 3 is 2.43 bits per heavy atom. The molecule has 2 aromatic rings. The second-order valence-corrected chi connectivity index (χ2v) is 8.34. The van der Waals surface area contributed by atoms with Crippen LogP contribution in [-0.2, 0) is 11.3 Å². The predicted octanol–water partition coefficient (Wildman–Crippen LogP) is 2.78. The molecule has 1 aromatic heterocycles. The molecule has 0 bridgehead atoms. The second kappa shape index (κ2) is 12.1. The van der Waals surface area contributed by atoms with E-state index in [1.54, 1.807) is 18.4 Å². The zero-order valence-electron chi connectivity index (χ0n) is 17.9. The van der Waals surface area contributed by atoms with Crippen LogP contribution in [0.3, 0.4) is 0 Å². The highest BCUT2D eigenvalue weighted by molar-refractivity contribution is 14.0. The molecule has 0 spiro atoms. The minimum atomic E-state index is 0. The number of thiazole rings is 1. The summed E-state index contributed by atoms with van der Waals surface area (Å²) in [4.78, 5) is 26.7. The Balaban J connectivity index is 0.00000320. The molecule has 164 valence electrons. The predicted molar refractivity (Wildman–Crippen MR) is 135 cm³/mol. The summed E-state index contributed by atoms with van der Waals surface area (Å²) in [6, 6.07) is 10.4. The molecule has 2 N–H and O–H groups in total. The fourth-order valence-electron chi connectivity index (χ4n) is 3.42. The first-order chi connectivity index (χ1) is 14.1. The molecule has 1 saturated heterocycles. The van der Waals surface area contributed by atoms with Gasteiger partial charge in [0.2, 0.25) is 5.91 Å². The number of para-hydroxylation sites is 1. The summed E-state index contributed by atoms with van der Waals surface area (Å²) < 4.78 is 0. The molecule has 0 radical (unpaired) electrons. The van der Waals surface area contributed by atoms with Gasteiger partial charge in [0.25, 0.3) is 0 Å². The van der Waals surface area contributed by atoms with Crippen LogP contribution < -0.4 is 15.5 Å². The fourth-order valence-corrected chi connectivity index (χ4v) is 4.30. The smallest absolute Gasteiger partial charge is 0.224 e. The summed E-state index contributed by atoms with van der Waals surface area (Å²) >= 11 is 1.69. The highest BCUT2D eigenvalue weighted by Gasteiger charge is 2.20. The van der Waals surface area contributed by atoms with E-state index in [0.29, 0.717) is 25.5 Å². The number of aliphatic imine (C=N–C) groups is 1.